The number of aliphatic hydroxyl groups is 1. The van der Waals surface area contributed by atoms with Crippen molar-refractivity contribution in [1.29, 1.82) is 0 Å². The van der Waals surface area contributed by atoms with E-state index in [-0.39, 0.29) is 18.3 Å². The van der Waals surface area contributed by atoms with E-state index in [1.165, 1.54) is 11.2 Å². The van der Waals surface area contributed by atoms with Crippen LogP contribution in [0, 0.1) is 6.92 Å². The molecule has 0 aliphatic heterocycles. The second kappa shape index (κ2) is 11.7. The van der Waals surface area contributed by atoms with Gasteiger partial charge in [-0.3, -0.25) is 14.5 Å². The maximum atomic E-state index is 12.4. The zero-order valence-corrected chi connectivity index (χ0v) is 24.8. The molecule has 13 heteroatoms. The van der Waals surface area contributed by atoms with Crippen molar-refractivity contribution in [1.82, 2.24) is 39.4 Å². The third kappa shape index (κ3) is 5.14. The average molecular weight is 590 g/mol. The number of aromatic nitrogens is 7. The molecule has 12 nitrogen and oxygen atoms in total. The standard InChI is InChI=1S/C29H32ClN9O3/c1-6-42-26-20(11-21(30)16(2)23(26)18-7-8-22(32-12-18)29(41)37(4)5)17(3)39-28-24(27(31)33-15-34-28)25(36-39)19-13-35-38(14-19)9-10-40/h7-8,11-15,17,40H,6,9-10H2,1-5H3,(H2,31,33,34). The summed E-state index contributed by atoms with van der Waals surface area (Å²) in [6.45, 7) is 6.53. The first-order valence-electron chi connectivity index (χ1n) is 13.4. The minimum absolute atomic E-state index is 0.0421. The fourth-order valence-electron chi connectivity index (χ4n) is 4.91. The molecule has 0 spiro atoms. The normalized spacial score (nSPS) is 12.1. The van der Waals surface area contributed by atoms with Gasteiger partial charge in [0.2, 0.25) is 0 Å². The van der Waals surface area contributed by atoms with Crippen LogP contribution in [0.4, 0.5) is 5.82 Å². The molecule has 0 bridgehead atoms. The Kier molecular flexibility index (Phi) is 8.10. The van der Waals surface area contributed by atoms with E-state index in [0.29, 0.717) is 51.9 Å². The summed E-state index contributed by atoms with van der Waals surface area (Å²) in [5.41, 5.74) is 11.6. The highest BCUT2D eigenvalue weighted by Gasteiger charge is 2.27. The molecule has 0 fully saturated rings. The van der Waals surface area contributed by atoms with Crippen LogP contribution in [0.5, 0.6) is 5.75 Å². The summed E-state index contributed by atoms with van der Waals surface area (Å²) in [6, 6.07) is 5.02. The van der Waals surface area contributed by atoms with Crippen LogP contribution in [0.1, 0.15) is 41.5 Å². The molecule has 3 N–H and O–H groups in total. The lowest BCUT2D eigenvalue weighted by Gasteiger charge is -2.23. The molecule has 0 saturated heterocycles. The van der Waals surface area contributed by atoms with Crippen molar-refractivity contribution in [2.75, 3.05) is 33.0 Å². The van der Waals surface area contributed by atoms with Crippen molar-refractivity contribution in [2.24, 2.45) is 0 Å². The lowest BCUT2D eigenvalue weighted by molar-refractivity contribution is 0.0822. The van der Waals surface area contributed by atoms with Gasteiger partial charge in [0.05, 0.1) is 37.4 Å². The van der Waals surface area contributed by atoms with E-state index >= 15 is 0 Å². The molecule has 1 atom stereocenters. The Hall–Kier alpha value is -4.55. The molecule has 1 amide bonds. The summed E-state index contributed by atoms with van der Waals surface area (Å²) >= 11 is 6.83. The number of amides is 1. The van der Waals surface area contributed by atoms with E-state index in [2.05, 4.69) is 20.1 Å². The number of hydrogen-bond donors (Lipinski definition) is 2. The summed E-state index contributed by atoms with van der Waals surface area (Å²) < 4.78 is 9.68. The van der Waals surface area contributed by atoms with Crippen molar-refractivity contribution in [3.8, 4) is 28.1 Å². The topological polar surface area (TPSA) is 150 Å². The van der Waals surface area contributed by atoms with Gasteiger partial charge in [0.25, 0.3) is 5.91 Å². The molecule has 0 aliphatic carbocycles. The van der Waals surface area contributed by atoms with Crippen LogP contribution in [0.3, 0.4) is 0 Å². The number of pyridine rings is 1. The summed E-state index contributed by atoms with van der Waals surface area (Å²) in [5.74, 6) is 0.728. The lowest BCUT2D eigenvalue weighted by atomic mass is 9.94. The number of benzene rings is 1. The molecule has 42 heavy (non-hydrogen) atoms. The maximum Gasteiger partial charge on any atom is 0.271 e. The van der Waals surface area contributed by atoms with Crippen LogP contribution >= 0.6 is 11.6 Å². The van der Waals surface area contributed by atoms with Crippen LogP contribution in [-0.4, -0.2) is 77.7 Å². The molecule has 4 aromatic heterocycles. The van der Waals surface area contributed by atoms with E-state index in [4.69, 9.17) is 27.2 Å². The fraction of sp³-hybridized carbons (Fsp3) is 0.310. The van der Waals surface area contributed by atoms with Gasteiger partial charge in [0.15, 0.2) is 5.65 Å². The first kappa shape index (κ1) is 29.0. The quantitative estimate of drug-likeness (QED) is 0.260. The smallest absolute Gasteiger partial charge is 0.271 e. The SMILES string of the molecule is CCOc1c(C(C)n2nc(-c3cnn(CCO)c3)c3c(N)ncnc32)cc(Cl)c(C)c1-c1ccc(C(=O)N(C)C)nc1. The first-order valence-corrected chi connectivity index (χ1v) is 13.8. The molecule has 5 rings (SSSR count). The second-order valence-electron chi connectivity index (χ2n) is 9.98. The van der Waals surface area contributed by atoms with Gasteiger partial charge >= 0.3 is 0 Å². The van der Waals surface area contributed by atoms with Crippen LogP contribution in [0.15, 0.2) is 43.1 Å². The molecule has 1 unspecified atom stereocenters. The molecule has 0 radical (unpaired) electrons. The number of aliphatic hydroxyl groups excluding tert-OH is 1. The van der Waals surface area contributed by atoms with Crippen molar-refractivity contribution < 1.29 is 14.6 Å². The summed E-state index contributed by atoms with van der Waals surface area (Å²) in [4.78, 5) is 27.1. The van der Waals surface area contributed by atoms with E-state index in [1.54, 1.807) is 48.1 Å². The number of halogens is 1. The molecule has 5 aromatic rings. The summed E-state index contributed by atoms with van der Waals surface area (Å²) in [6.07, 6.45) is 6.53. The van der Waals surface area contributed by atoms with Gasteiger partial charge < -0.3 is 20.5 Å². The van der Waals surface area contributed by atoms with E-state index in [1.807, 2.05) is 32.9 Å². The number of fused-ring (bicyclic) bond motifs is 1. The zero-order chi connectivity index (χ0) is 30.1. The van der Waals surface area contributed by atoms with Gasteiger partial charge in [-0.05, 0) is 38.5 Å². The molecule has 0 saturated carbocycles. The van der Waals surface area contributed by atoms with Crippen molar-refractivity contribution in [2.45, 2.75) is 33.4 Å². The van der Waals surface area contributed by atoms with Crippen LogP contribution < -0.4 is 10.5 Å². The monoisotopic (exact) mass is 589 g/mol. The number of nitrogens with zero attached hydrogens (tertiary/aromatic N) is 8. The van der Waals surface area contributed by atoms with E-state index < -0.39 is 6.04 Å². The third-order valence-corrected chi connectivity index (χ3v) is 7.43. The Bertz CT molecular complexity index is 1760. The van der Waals surface area contributed by atoms with Gasteiger partial charge in [-0.15, -0.1) is 0 Å². The number of rotatable bonds is 9. The highest BCUT2D eigenvalue weighted by atomic mass is 35.5. The fourth-order valence-corrected chi connectivity index (χ4v) is 5.12. The van der Waals surface area contributed by atoms with Crippen LogP contribution in [0.25, 0.3) is 33.4 Å². The Morgan fingerprint density at radius 1 is 1.19 bits per heavy atom. The first-order chi connectivity index (χ1) is 20.2. The number of hydrogen-bond acceptors (Lipinski definition) is 9. The van der Waals surface area contributed by atoms with Gasteiger partial charge in [0.1, 0.15) is 29.3 Å². The molecule has 4 heterocycles. The predicted octanol–water partition coefficient (Wildman–Crippen LogP) is 4.00. The number of nitrogen functional groups attached to an aromatic ring is 1. The largest absolute Gasteiger partial charge is 0.493 e. The summed E-state index contributed by atoms with van der Waals surface area (Å²) in [5, 5.41) is 19.7. The van der Waals surface area contributed by atoms with Crippen LogP contribution in [-0.2, 0) is 6.54 Å². The van der Waals surface area contributed by atoms with E-state index in [9.17, 15) is 9.90 Å². The highest BCUT2D eigenvalue weighted by Crippen LogP contribution is 2.44. The predicted molar refractivity (Wildman–Crippen MR) is 160 cm³/mol. The maximum absolute atomic E-state index is 12.4. The van der Waals surface area contributed by atoms with Crippen LogP contribution in [0.2, 0.25) is 5.02 Å². The second-order valence-corrected chi connectivity index (χ2v) is 10.4. The summed E-state index contributed by atoms with van der Waals surface area (Å²) in [7, 11) is 3.37. The number of nitrogens with two attached hydrogens (primary N) is 1. The van der Waals surface area contributed by atoms with Gasteiger partial charge in [-0.25, -0.2) is 14.6 Å². The minimum atomic E-state index is -0.399. The third-order valence-electron chi connectivity index (χ3n) is 7.04. The molecular formula is C29H32ClN9O3. The molecule has 218 valence electrons. The Balaban J connectivity index is 1.68. The van der Waals surface area contributed by atoms with Crippen molar-refractivity contribution >= 4 is 34.4 Å². The molecule has 0 aliphatic rings. The molecule has 1 aromatic carbocycles. The zero-order valence-electron chi connectivity index (χ0n) is 24.0. The highest BCUT2D eigenvalue weighted by molar-refractivity contribution is 6.32. The number of carbonyl (C=O) groups excluding carboxylic acids is 1. The Morgan fingerprint density at radius 2 is 1.98 bits per heavy atom. The number of carbonyl (C=O) groups is 1. The lowest BCUT2D eigenvalue weighted by Crippen LogP contribution is -2.22. The van der Waals surface area contributed by atoms with Gasteiger partial charge in [-0.2, -0.15) is 10.2 Å². The van der Waals surface area contributed by atoms with E-state index in [0.717, 1.165) is 22.3 Å². The number of ether oxygens (including phenoxy) is 1. The van der Waals surface area contributed by atoms with Gasteiger partial charge in [0, 0.05) is 53.8 Å². The number of anilines is 1. The Morgan fingerprint density at radius 3 is 2.64 bits per heavy atom. The molecular weight excluding hydrogens is 558 g/mol. The average Bonchev–Trinajstić information content (AvgIpc) is 3.60. The Labute approximate surface area is 247 Å². The minimum Gasteiger partial charge on any atom is -0.493 e. The van der Waals surface area contributed by atoms with Gasteiger partial charge in [-0.1, -0.05) is 17.7 Å². The van der Waals surface area contributed by atoms with Crippen molar-refractivity contribution in [3.63, 3.8) is 0 Å². The van der Waals surface area contributed by atoms with Crippen molar-refractivity contribution in [3.05, 3.63) is 65.0 Å².